The van der Waals surface area contributed by atoms with Gasteiger partial charge in [0.25, 0.3) is 0 Å². The van der Waals surface area contributed by atoms with Gasteiger partial charge in [-0.1, -0.05) is 11.8 Å². The van der Waals surface area contributed by atoms with Gasteiger partial charge in [-0.25, -0.2) is 0 Å². The van der Waals surface area contributed by atoms with E-state index in [4.69, 9.17) is 10.5 Å². The largest absolute Gasteiger partial charge is 0.416 e. The van der Waals surface area contributed by atoms with Gasteiger partial charge in [0.2, 0.25) is 0 Å². The number of ether oxygens (including phenoxy) is 1. The molecule has 2 N–H and O–H groups in total. The van der Waals surface area contributed by atoms with E-state index in [0.29, 0.717) is 10.8 Å². The predicted octanol–water partition coefficient (Wildman–Crippen LogP) is 2.98. The summed E-state index contributed by atoms with van der Waals surface area (Å²) in [5.41, 5.74) is 4.87. The smallest absolute Gasteiger partial charge is 0.398 e. The van der Waals surface area contributed by atoms with E-state index in [9.17, 15) is 13.2 Å². The number of benzene rings is 1. The molecule has 1 aromatic rings. The van der Waals surface area contributed by atoms with Crippen molar-refractivity contribution in [1.82, 2.24) is 0 Å². The SMILES string of the molecule is COCSc1ccc(C(F)(F)F)cc1N. The van der Waals surface area contributed by atoms with Crippen LogP contribution in [0.15, 0.2) is 23.1 Å². The summed E-state index contributed by atoms with van der Waals surface area (Å²) in [7, 11) is 1.51. The third-order valence-electron chi connectivity index (χ3n) is 1.67. The van der Waals surface area contributed by atoms with Crippen molar-refractivity contribution >= 4 is 17.4 Å². The number of rotatable bonds is 3. The molecule has 0 aromatic heterocycles. The lowest BCUT2D eigenvalue weighted by atomic mass is 10.2. The molecule has 0 aliphatic heterocycles. The molecule has 2 nitrogen and oxygen atoms in total. The van der Waals surface area contributed by atoms with E-state index in [-0.39, 0.29) is 5.69 Å². The van der Waals surface area contributed by atoms with Gasteiger partial charge in [-0.05, 0) is 18.2 Å². The summed E-state index contributed by atoms with van der Waals surface area (Å²) in [5, 5.41) is 0. The summed E-state index contributed by atoms with van der Waals surface area (Å²) in [6, 6.07) is 3.29. The van der Waals surface area contributed by atoms with E-state index >= 15 is 0 Å². The van der Waals surface area contributed by atoms with Gasteiger partial charge in [0, 0.05) is 17.7 Å². The average Bonchev–Trinajstić information content (AvgIpc) is 2.14. The molecule has 0 amide bonds. The molecule has 1 aromatic carbocycles. The van der Waals surface area contributed by atoms with Crippen LogP contribution >= 0.6 is 11.8 Å². The number of nitrogen functional groups attached to an aromatic ring is 1. The summed E-state index contributed by atoms with van der Waals surface area (Å²) in [6.07, 6.45) is -4.35. The fraction of sp³-hybridized carbons (Fsp3) is 0.333. The standard InChI is InChI=1S/C9H10F3NOS/c1-14-5-15-8-3-2-6(4-7(8)13)9(10,11)12/h2-4H,5,13H2,1H3. The number of thioether (sulfide) groups is 1. The third-order valence-corrected chi connectivity index (χ3v) is 2.71. The third kappa shape index (κ3) is 3.32. The lowest BCUT2D eigenvalue weighted by molar-refractivity contribution is -0.137. The maximum atomic E-state index is 12.3. The Bertz CT molecular complexity index is 341. The highest BCUT2D eigenvalue weighted by molar-refractivity contribution is 7.99. The summed E-state index contributed by atoms with van der Waals surface area (Å²) >= 11 is 1.25. The first-order chi connectivity index (χ1) is 6.95. The zero-order valence-corrected chi connectivity index (χ0v) is 8.78. The van der Waals surface area contributed by atoms with Gasteiger partial charge in [0.1, 0.15) is 0 Å². The van der Waals surface area contributed by atoms with Crippen LogP contribution < -0.4 is 5.73 Å². The van der Waals surface area contributed by atoms with Crippen LogP contribution in [0, 0.1) is 0 Å². The van der Waals surface area contributed by atoms with Crippen molar-refractivity contribution in [3.63, 3.8) is 0 Å². The van der Waals surface area contributed by atoms with Crippen molar-refractivity contribution in [1.29, 1.82) is 0 Å². The summed E-state index contributed by atoms with van der Waals surface area (Å²) < 4.78 is 41.6. The van der Waals surface area contributed by atoms with Crippen molar-refractivity contribution in [2.24, 2.45) is 0 Å². The van der Waals surface area contributed by atoms with Crippen molar-refractivity contribution in [2.75, 3.05) is 18.8 Å². The van der Waals surface area contributed by atoms with Crippen LogP contribution in [-0.2, 0) is 10.9 Å². The summed E-state index contributed by atoms with van der Waals surface area (Å²) in [5.74, 6) is 0.357. The second kappa shape index (κ2) is 4.76. The zero-order valence-electron chi connectivity index (χ0n) is 7.97. The van der Waals surface area contributed by atoms with E-state index in [1.54, 1.807) is 0 Å². The predicted molar refractivity (Wildman–Crippen MR) is 53.6 cm³/mol. The maximum absolute atomic E-state index is 12.3. The van der Waals surface area contributed by atoms with Gasteiger partial charge in [-0.3, -0.25) is 0 Å². The molecule has 1 rings (SSSR count). The molecule has 15 heavy (non-hydrogen) atoms. The van der Waals surface area contributed by atoms with Gasteiger partial charge >= 0.3 is 6.18 Å². The molecule has 0 heterocycles. The Morgan fingerprint density at radius 3 is 2.53 bits per heavy atom. The Balaban J connectivity index is 2.88. The van der Waals surface area contributed by atoms with Gasteiger partial charge in [0.05, 0.1) is 11.5 Å². The molecular weight excluding hydrogens is 227 g/mol. The van der Waals surface area contributed by atoms with Crippen LogP contribution in [0.4, 0.5) is 18.9 Å². The Kier molecular flexibility index (Phi) is 3.87. The van der Waals surface area contributed by atoms with E-state index in [1.165, 1.54) is 24.9 Å². The average molecular weight is 237 g/mol. The van der Waals surface area contributed by atoms with E-state index in [2.05, 4.69) is 0 Å². The number of hydrogen-bond acceptors (Lipinski definition) is 3. The molecule has 6 heteroatoms. The molecular formula is C9H10F3NOS. The highest BCUT2D eigenvalue weighted by atomic mass is 32.2. The fourth-order valence-corrected chi connectivity index (χ4v) is 1.61. The number of halogens is 3. The van der Waals surface area contributed by atoms with Gasteiger partial charge in [-0.15, -0.1) is 0 Å². The molecule has 0 fully saturated rings. The molecule has 0 spiro atoms. The minimum atomic E-state index is -4.35. The minimum absolute atomic E-state index is 0.117. The lowest BCUT2D eigenvalue weighted by Crippen LogP contribution is -2.05. The first-order valence-corrected chi connectivity index (χ1v) is 5.02. The quantitative estimate of drug-likeness (QED) is 0.498. The highest BCUT2D eigenvalue weighted by Crippen LogP contribution is 2.34. The van der Waals surface area contributed by atoms with E-state index in [1.807, 2.05) is 0 Å². The zero-order chi connectivity index (χ0) is 11.5. The minimum Gasteiger partial charge on any atom is -0.398 e. The van der Waals surface area contributed by atoms with Crippen molar-refractivity contribution < 1.29 is 17.9 Å². The number of hydrogen-bond donors (Lipinski definition) is 1. The highest BCUT2D eigenvalue weighted by Gasteiger charge is 2.30. The Morgan fingerprint density at radius 2 is 2.07 bits per heavy atom. The molecule has 0 saturated carbocycles. The molecule has 0 aliphatic rings. The Labute approximate surface area is 89.6 Å². The summed E-state index contributed by atoms with van der Waals surface area (Å²) in [6.45, 7) is 0. The van der Waals surface area contributed by atoms with Crippen molar-refractivity contribution in [2.45, 2.75) is 11.1 Å². The molecule has 84 valence electrons. The first kappa shape index (κ1) is 12.2. The number of nitrogens with two attached hydrogens (primary N) is 1. The normalized spacial score (nSPS) is 11.7. The van der Waals surface area contributed by atoms with Crippen LogP contribution in [0.25, 0.3) is 0 Å². The van der Waals surface area contributed by atoms with Gasteiger partial charge in [-0.2, -0.15) is 13.2 Å². The lowest BCUT2D eigenvalue weighted by Gasteiger charge is -2.10. The fourth-order valence-electron chi connectivity index (χ4n) is 0.979. The molecule has 0 aliphatic carbocycles. The van der Waals surface area contributed by atoms with Crippen LogP contribution in [0.1, 0.15) is 5.56 Å². The molecule has 0 unspecified atom stereocenters. The van der Waals surface area contributed by atoms with Gasteiger partial charge < -0.3 is 10.5 Å². The Hall–Kier alpha value is -0.880. The topological polar surface area (TPSA) is 35.2 Å². The maximum Gasteiger partial charge on any atom is 0.416 e. The molecule has 0 radical (unpaired) electrons. The van der Waals surface area contributed by atoms with Crippen LogP contribution in [0.3, 0.4) is 0 Å². The first-order valence-electron chi connectivity index (χ1n) is 4.03. The number of anilines is 1. The number of methoxy groups -OCH3 is 1. The monoisotopic (exact) mass is 237 g/mol. The van der Waals surface area contributed by atoms with Crippen molar-refractivity contribution in [3.05, 3.63) is 23.8 Å². The van der Waals surface area contributed by atoms with E-state index in [0.717, 1.165) is 12.1 Å². The second-order valence-corrected chi connectivity index (χ2v) is 3.77. The van der Waals surface area contributed by atoms with E-state index < -0.39 is 11.7 Å². The van der Waals surface area contributed by atoms with Gasteiger partial charge in [0.15, 0.2) is 0 Å². The molecule has 0 atom stereocenters. The number of alkyl halides is 3. The summed E-state index contributed by atoms with van der Waals surface area (Å²) in [4.78, 5) is 0.588. The van der Waals surface area contributed by atoms with Crippen LogP contribution in [-0.4, -0.2) is 13.0 Å². The second-order valence-electron chi connectivity index (χ2n) is 2.80. The van der Waals surface area contributed by atoms with Crippen LogP contribution in [0.5, 0.6) is 0 Å². The molecule has 0 bridgehead atoms. The molecule has 0 saturated heterocycles. The Morgan fingerprint density at radius 1 is 1.40 bits per heavy atom. The van der Waals surface area contributed by atoms with Crippen LogP contribution in [0.2, 0.25) is 0 Å². The van der Waals surface area contributed by atoms with Crippen molar-refractivity contribution in [3.8, 4) is 0 Å².